The largest absolute Gasteiger partial charge is 0.444 e. The molecule has 0 spiro atoms. The molecule has 1 saturated heterocycles. The Hall–Kier alpha value is -1.53. The summed E-state index contributed by atoms with van der Waals surface area (Å²) < 4.78 is 6.51. The summed E-state index contributed by atoms with van der Waals surface area (Å²) in [5.41, 5.74) is 1.20. The predicted molar refractivity (Wildman–Crippen MR) is 102 cm³/mol. The van der Waals surface area contributed by atoms with Gasteiger partial charge in [0, 0.05) is 16.6 Å². The van der Waals surface area contributed by atoms with E-state index in [4.69, 9.17) is 16.3 Å². The Balaban J connectivity index is 1.85. The van der Waals surface area contributed by atoms with Crippen molar-refractivity contribution in [3.05, 3.63) is 39.7 Å². The molecule has 1 amide bonds. The second kappa shape index (κ2) is 7.00. The number of hydrogen-bond acceptors (Lipinski definition) is 3. The molecule has 2 aromatic rings. The minimum atomic E-state index is -0.520. The SMILES string of the molecule is CC(C)(C)OC(=O)N1CCCC1c1nc(Cl)c(-c2ccc(Br)cc2)[nH]1. The van der Waals surface area contributed by atoms with Gasteiger partial charge in [-0.1, -0.05) is 39.7 Å². The normalized spacial score (nSPS) is 17.8. The standard InChI is InChI=1S/C18H21BrClN3O2/c1-18(2,3)25-17(24)23-10-4-5-13(23)16-21-14(15(20)22-16)11-6-8-12(19)9-7-11/h6-9,13H,4-5,10H2,1-3H3,(H,21,22). The van der Waals surface area contributed by atoms with Crippen LogP contribution in [0.4, 0.5) is 4.79 Å². The second-order valence-electron chi connectivity index (χ2n) is 7.13. The fourth-order valence-corrected chi connectivity index (χ4v) is 3.44. The first-order valence-corrected chi connectivity index (χ1v) is 9.42. The van der Waals surface area contributed by atoms with E-state index < -0.39 is 5.60 Å². The van der Waals surface area contributed by atoms with Crippen LogP contribution in [0, 0.1) is 0 Å². The first-order chi connectivity index (χ1) is 11.7. The molecule has 1 aliphatic heterocycles. The Labute approximate surface area is 160 Å². The third-order valence-electron chi connectivity index (χ3n) is 4.01. The van der Waals surface area contributed by atoms with E-state index in [0.717, 1.165) is 28.6 Å². The highest BCUT2D eigenvalue weighted by Crippen LogP contribution is 2.35. The van der Waals surface area contributed by atoms with Crippen molar-refractivity contribution < 1.29 is 9.53 Å². The molecule has 134 valence electrons. The van der Waals surface area contributed by atoms with E-state index in [0.29, 0.717) is 17.5 Å². The Kier molecular flexibility index (Phi) is 5.11. The van der Waals surface area contributed by atoms with Crippen LogP contribution in [0.15, 0.2) is 28.7 Å². The van der Waals surface area contributed by atoms with Gasteiger partial charge in [0.15, 0.2) is 5.15 Å². The maximum absolute atomic E-state index is 12.5. The number of benzene rings is 1. The van der Waals surface area contributed by atoms with Gasteiger partial charge in [-0.2, -0.15) is 0 Å². The lowest BCUT2D eigenvalue weighted by molar-refractivity contribution is 0.0219. The lowest BCUT2D eigenvalue weighted by Gasteiger charge is -2.27. The molecule has 1 atom stereocenters. The molecule has 1 N–H and O–H groups in total. The smallest absolute Gasteiger partial charge is 0.410 e. The van der Waals surface area contributed by atoms with Crippen LogP contribution in [-0.4, -0.2) is 33.1 Å². The number of imidazole rings is 1. The summed E-state index contributed by atoms with van der Waals surface area (Å²) in [5.74, 6) is 0.700. The summed E-state index contributed by atoms with van der Waals surface area (Å²) in [5, 5.41) is 0.411. The minimum absolute atomic E-state index is 0.142. The van der Waals surface area contributed by atoms with Crippen molar-refractivity contribution in [3.63, 3.8) is 0 Å². The van der Waals surface area contributed by atoms with Gasteiger partial charge in [-0.15, -0.1) is 0 Å². The summed E-state index contributed by atoms with van der Waals surface area (Å²) >= 11 is 9.77. The number of nitrogens with one attached hydrogen (secondary N) is 1. The first kappa shape index (κ1) is 18.3. The zero-order valence-electron chi connectivity index (χ0n) is 14.5. The van der Waals surface area contributed by atoms with Gasteiger partial charge in [-0.05, 0) is 45.7 Å². The van der Waals surface area contributed by atoms with Gasteiger partial charge >= 0.3 is 6.09 Å². The second-order valence-corrected chi connectivity index (χ2v) is 8.40. The fraction of sp³-hybridized carbons (Fsp3) is 0.444. The highest BCUT2D eigenvalue weighted by molar-refractivity contribution is 9.10. The zero-order chi connectivity index (χ0) is 18.2. The maximum Gasteiger partial charge on any atom is 0.410 e. The minimum Gasteiger partial charge on any atom is -0.444 e. The van der Waals surface area contributed by atoms with Crippen molar-refractivity contribution >= 4 is 33.6 Å². The number of hydrogen-bond donors (Lipinski definition) is 1. The molecule has 0 saturated carbocycles. The predicted octanol–water partition coefficient (Wildman–Crippen LogP) is 5.56. The monoisotopic (exact) mass is 425 g/mol. The van der Waals surface area contributed by atoms with Gasteiger partial charge in [0.1, 0.15) is 11.4 Å². The summed E-state index contributed by atoms with van der Waals surface area (Å²) in [4.78, 5) is 22.0. The summed E-state index contributed by atoms with van der Waals surface area (Å²) in [6, 6.07) is 7.70. The van der Waals surface area contributed by atoms with E-state index in [1.807, 2.05) is 45.0 Å². The molecular weight excluding hydrogens is 406 g/mol. The van der Waals surface area contributed by atoms with Gasteiger partial charge in [-0.25, -0.2) is 9.78 Å². The van der Waals surface area contributed by atoms with Crippen LogP contribution >= 0.6 is 27.5 Å². The average Bonchev–Trinajstić information content (AvgIpc) is 3.13. The van der Waals surface area contributed by atoms with Gasteiger partial charge in [0.25, 0.3) is 0 Å². The lowest BCUT2D eigenvalue weighted by Crippen LogP contribution is -2.36. The van der Waals surface area contributed by atoms with Gasteiger partial charge < -0.3 is 9.72 Å². The molecule has 2 heterocycles. The fourth-order valence-electron chi connectivity index (χ4n) is 2.92. The molecule has 5 nitrogen and oxygen atoms in total. The molecule has 1 aromatic heterocycles. The molecular formula is C18H21BrClN3O2. The number of rotatable bonds is 2. The summed E-state index contributed by atoms with van der Waals surface area (Å²) in [7, 11) is 0. The van der Waals surface area contributed by atoms with Gasteiger partial charge in [0.2, 0.25) is 0 Å². The third kappa shape index (κ3) is 4.18. The Bertz CT molecular complexity index is 768. The van der Waals surface area contributed by atoms with Crippen LogP contribution in [-0.2, 0) is 4.74 Å². The highest BCUT2D eigenvalue weighted by Gasteiger charge is 2.35. The Morgan fingerprint density at radius 2 is 2.04 bits per heavy atom. The Morgan fingerprint density at radius 3 is 2.68 bits per heavy atom. The number of H-pyrrole nitrogens is 1. The topological polar surface area (TPSA) is 58.2 Å². The quantitative estimate of drug-likeness (QED) is 0.683. The van der Waals surface area contributed by atoms with Crippen molar-refractivity contribution in [2.45, 2.75) is 45.3 Å². The van der Waals surface area contributed by atoms with Crippen molar-refractivity contribution in [1.29, 1.82) is 0 Å². The summed E-state index contributed by atoms with van der Waals surface area (Å²) in [6.45, 7) is 6.26. The molecule has 1 fully saturated rings. The Morgan fingerprint density at radius 1 is 1.36 bits per heavy atom. The summed E-state index contributed by atoms with van der Waals surface area (Å²) in [6.07, 6.45) is 1.44. The van der Waals surface area contributed by atoms with Crippen LogP contribution in [0.3, 0.4) is 0 Å². The van der Waals surface area contributed by atoms with Crippen LogP contribution in [0.1, 0.15) is 45.5 Å². The van der Waals surface area contributed by atoms with E-state index >= 15 is 0 Å². The maximum atomic E-state index is 12.5. The number of likely N-dealkylation sites (tertiary alicyclic amines) is 1. The molecule has 0 radical (unpaired) electrons. The molecule has 0 bridgehead atoms. The number of aromatic amines is 1. The van der Waals surface area contributed by atoms with Crippen LogP contribution in [0.5, 0.6) is 0 Å². The van der Waals surface area contributed by atoms with Gasteiger partial charge in [-0.3, -0.25) is 4.90 Å². The van der Waals surface area contributed by atoms with Crippen molar-refractivity contribution in [2.24, 2.45) is 0 Å². The number of carbonyl (C=O) groups excluding carboxylic acids is 1. The van der Waals surface area contributed by atoms with Crippen molar-refractivity contribution in [3.8, 4) is 11.3 Å². The molecule has 1 aliphatic rings. The van der Waals surface area contributed by atoms with Crippen LogP contribution in [0.2, 0.25) is 5.15 Å². The molecule has 1 aromatic carbocycles. The number of halogens is 2. The third-order valence-corrected chi connectivity index (χ3v) is 4.81. The van der Waals surface area contributed by atoms with E-state index in [9.17, 15) is 4.79 Å². The number of amides is 1. The average molecular weight is 427 g/mol. The number of carbonyl (C=O) groups is 1. The highest BCUT2D eigenvalue weighted by atomic mass is 79.9. The van der Waals surface area contributed by atoms with E-state index in [1.54, 1.807) is 4.90 Å². The number of ether oxygens (including phenoxy) is 1. The molecule has 7 heteroatoms. The van der Waals surface area contributed by atoms with E-state index in [2.05, 4.69) is 25.9 Å². The molecule has 1 unspecified atom stereocenters. The van der Waals surface area contributed by atoms with Gasteiger partial charge in [0.05, 0.1) is 11.7 Å². The first-order valence-electron chi connectivity index (χ1n) is 8.25. The number of aromatic nitrogens is 2. The van der Waals surface area contributed by atoms with Crippen LogP contribution in [0.25, 0.3) is 11.3 Å². The number of nitrogens with zero attached hydrogens (tertiary/aromatic N) is 2. The molecule has 0 aliphatic carbocycles. The lowest BCUT2D eigenvalue weighted by atomic mass is 10.2. The molecule has 3 rings (SSSR count). The van der Waals surface area contributed by atoms with E-state index in [1.165, 1.54) is 0 Å². The zero-order valence-corrected chi connectivity index (χ0v) is 16.8. The van der Waals surface area contributed by atoms with Crippen LogP contribution < -0.4 is 0 Å². The van der Waals surface area contributed by atoms with E-state index in [-0.39, 0.29) is 12.1 Å². The van der Waals surface area contributed by atoms with Crippen molar-refractivity contribution in [1.82, 2.24) is 14.9 Å². The van der Waals surface area contributed by atoms with Crippen molar-refractivity contribution in [2.75, 3.05) is 6.54 Å². The molecule has 25 heavy (non-hydrogen) atoms.